The van der Waals surface area contributed by atoms with Crippen LogP contribution in [0, 0.1) is 11.6 Å². The van der Waals surface area contributed by atoms with E-state index in [0.29, 0.717) is 38.3 Å². The number of carbonyl (C=O) groups excluding carboxylic acids is 2. The highest BCUT2D eigenvalue weighted by Crippen LogP contribution is 2.40. The van der Waals surface area contributed by atoms with Crippen molar-refractivity contribution in [2.45, 2.75) is 45.2 Å². The number of amides is 2. The first-order valence-electron chi connectivity index (χ1n) is 11.7. The molecular weight excluding hydrogens is 438 g/mol. The molecule has 8 heteroatoms. The maximum atomic E-state index is 14.6. The average Bonchev–Trinajstić information content (AvgIpc) is 3.20. The van der Waals surface area contributed by atoms with Gasteiger partial charge in [-0.05, 0) is 37.1 Å². The molecule has 0 N–H and O–H groups in total. The van der Waals surface area contributed by atoms with Crippen LogP contribution in [0.25, 0.3) is 0 Å². The van der Waals surface area contributed by atoms with Crippen LogP contribution in [0.2, 0.25) is 0 Å². The zero-order valence-electron chi connectivity index (χ0n) is 19.8. The molecule has 0 radical (unpaired) electrons. The van der Waals surface area contributed by atoms with Gasteiger partial charge in [-0.25, -0.2) is 13.8 Å². The topological polar surface area (TPSA) is 56.2 Å². The molecule has 0 bridgehead atoms. The molecule has 1 saturated heterocycles. The summed E-state index contributed by atoms with van der Waals surface area (Å²) in [6, 6.07) is 12.4. The number of carbonyl (C=O) groups is 2. The molecule has 0 aromatic heterocycles. The van der Waals surface area contributed by atoms with Gasteiger partial charge in [0.05, 0.1) is 17.3 Å². The fraction of sp³-hybridized carbons (Fsp3) is 0.423. The Kier molecular flexibility index (Phi) is 6.79. The van der Waals surface area contributed by atoms with Gasteiger partial charge >= 0.3 is 0 Å². The van der Waals surface area contributed by atoms with E-state index in [4.69, 9.17) is 0 Å². The zero-order valence-corrected chi connectivity index (χ0v) is 19.8. The van der Waals surface area contributed by atoms with Crippen molar-refractivity contribution < 1.29 is 18.4 Å². The van der Waals surface area contributed by atoms with Crippen LogP contribution in [0.5, 0.6) is 0 Å². The van der Waals surface area contributed by atoms with E-state index in [0.717, 1.165) is 23.8 Å². The van der Waals surface area contributed by atoms with E-state index in [1.165, 1.54) is 5.01 Å². The summed E-state index contributed by atoms with van der Waals surface area (Å²) >= 11 is 0. The van der Waals surface area contributed by atoms with Crippen LogP contribution >= 0.6 is 0 Å². The van der Waals surface area contributed by atoms with Gasteiger partial charge in [-0.2, -0.15) is 5.10 Å². The van der Waals surface area contributed by atoms with Crippen molar-refractivity contribution in [2.24, 2.45) is 5.10 Å². The molecule has 180 valence electrons. The van der Waals surface area contributed by atoms with Gasteiger partial charge in [-0.1, -0.05) is 37.3 Å². The Bertz CT molecular complexity index is 1100. The van der Waals surface area contributed by atoms with Crippen LogP contribution in [0.4, 0.5) is 8.78 Å². The second-order valence-electron chi connectivity index (χ2n) is 9.10. The predicted octanol–water partition coefficient (Wildman–Crippen LogP) is 3.76. The number of rotatable bonds is 5. The lowest BCUT2D eigenvalue weighted by Crippen LogP contribution is -2.57. The Balaban J connectivity index is 1.69. The fourth-order valence-corrected chi connectivity index (χ4v) is 4.93. The minimum atomic E-state index is -0.846. The molecular formula is C26H30F2N4O2. The normalized spacial score (nSPS) is 22.0. The summed E-state index contributed by atoms with van der Waals surface area (Å²) in [5.74, 6) is -1.28. The van der Waals surface area contributed by atoms with Crippen molar-refractivity contribution in [1.82, 2.24) is 14.8 Å². The number of benzene rings is 2. The Morgan fingerprint density at radius 3 is 2.35 bits per heavy atom. The summed E-state index contributed by atoms with van der Waals surface area (Å²) < 4.78 is 28.6. The molecule has 2 heterocycles. The van der Waals surface area contributed by atoms with Gasteiger partial charge in [0.2, 0.25) is 5.91 Å². The van der Waals surface area contributed by atoms with Crippen molar-refractivity contribution in [3.8, 4) is 0 Å². The van der Waals surface area contributed by atoms with E-state index in [-0.39, 0.29) is 23.8 Å². The average molecular weight is 469 g/mol. The number of piperazine rings is 1. The third kappa shape index (κ3) is 4.46. The Morgan fingerprint density at radius 2 is 1.74 bits per heavy atom. The summed E-state index contributed by atoms with van der Waals surface area (Å²) in [6.45, 7) is 7.73. The van der Waals surface area contributed by atoms with Gasteiger partial charge in [-0.3, -0.25) is 14.5 Å². The maximum Gasteiger partial charge on any atom is 0.260 e. The second kappa shape index (κ2) is 9.62. The highest BCUT2D eigenvalue weighted by atomic mass is 19.1. The monoisotopic (exact) mass is 468 g/mol. The van der Waals surface area contributed by atoms with Gasteiger partial charge in [0.15, 0.2) is 0 Å². The number of hydrogen-bond donors (Lipinski definition) is 0. The van der Waals surface area contributed by atoms with E-state index in [1.54, 1.807) is 11.8 Å². The minimum absolute atomic E-state index is 0.0292. The molecule has 2 atom stereocenters. The predicted molar refractivity (Wildman–Crippen MR) is 126 cm³/mol. The summed E-state index contributed by atoms with van der Waals surface area (Å²) in [7, 11) is 0. The molecule has 0 spiro atoms. The van der Waals surface area contributed by atoms with Crippen LogP contribution in [0.15, 0.2) is 53.6 Å². The third-order valence-electron chi connectivity index (χ3n) is 6.92. The van der Waals surface area contributed by atoms with Crippen LogP contribution in [-0.4, -0.2) is 64.6 Å². The summed E-state index contributed by atoms with van der Waals surface area (Å²) in [4.78, 5) is 29.5. The van der Waals surface area contributed by atoms with Gasteiger partial charge in [0.25, 0.3) is 5.91 Å². The highest BCUT2D eigenvalue weighted by Gasteiger charge is 2.46. The number of nitrogens with zero attached hydrogens (tertiary/aromatic N) is 4. The minimum Gasteiger partial charge on any atom is -0.340 e. The number of hydrogen-bond acceptors (Lipinski definition) is 4. The molecule has 1 fully saturated rings. The van der Waals surface area contributed by atoms with Gasteiger partial charge < -0.3 is 4.90 Å². The van der Waals surface area contributed by atoms with Crippen LogP contribution in [0.1, 0.15) is 44.7 Å². The van der Waals surface area contributed by atoms with Crippen molar-refractivity contribution in [3.05, 3.63) is 71.3 Å². The standard InChI is InChI=1S/C26H30F2N4O2/c1-4-24(31-14-12-30(13-15-31)18(2)33)25(34)32-26(3,19-8-6-5-7-9-19)17-23(29-32)21-16-20(27)10-11-22(21)28/h5-11,16,24H,4,12-15,17H2,1-3H3. The van der Waals surface area contributed by atoms with Crippen LogP contribution in [0.3, 0.4) is 0 Å². The van der Waals surface area contributed by atoms with E-state index in [1.807, 2.05) is 44.2 Å². The van der Waals surface area contributed by atoms with Crippen LogP contribution < -0.4 is 0 Å². The first kappa shape index (κ1) is 24.0. The Hall–Kier alpha value is -3.13. The second-order valence-corrected chi connectivity index (χ2v) is 9.10. The first-order chi connectivity index (χ1) is 16.2. The lowest BCUT2D eigenvalue weighted by atomic mass is 9.85. The molecule has 4 rings (SSSR count). The number of halogens is 2. The van der Waals surface area contributed by atoms with Crippen molar-refractivity contribution in [1.29, 1.82) is 0 Å². The zero-order chi connectivity index (χ0) is 24.5. The summed E-state index contributed by atoms with van der Waals surface area (Å²) in [5.41, 5.74) is 0.435. The maximum absolute atomic E-state index is 14.6. The van der Waals surface area contributed by atoms with Crippen molar-refractivity contribution in [3.63, 3.8) is 0 Å². The quantitative estimate of drug-likeness (QED) is 0.672. The van der Waals surface area contributed by atoms with Gasteiger partial charge in [0, 0.05) is 45.1 Å². The lowest BCUT2D eigenvalue weighted by Gasteiger charge is -2.41. The van der Waals surface area contributed by atoms with Crippen molar-refractivity contribution >= 4 is 17.5 Å². The molecule has 0 saturated carbocycles. The number of hydrazone groups is 1. The molecule has 2 aliphatic rings. The highest BCUT2D eigenvalue weighted by molar-refractivity contribution is 6.04. The smallest absolute Gasteiger partial charge is 0.260 e. The fourth-order valence-electron chi connectivity index (χ4n) is 4.93. The molecule has 2 amide bonds. The van der Waals surface area contributed by atoms with Crippen LogP contribution in [-0.2, 0) is 15.1 Å². The molecule has 6 nitrogen and oxygen atoms in total. The van der Waals surface area contributed by atoms with E-state index in [9.17, 15) is 18.4 Å². The SMILES string of the molecule is CCC(C(=O)N1N=C(c2cc(F)ccc2F)CC1(C)c1ccccc1)N1CCN(C(C)=O)CC1. The summed E-state index contributed by atoms with van der Waals surface area (Å²) in [6.07, 6.45) is 0.830. The molecule has 2 aromatic rings. The van der Waals surface area contributed by atoms with E-state index in [2.05, 4.69) is 10.0 Å². The summed E-state index contributed by atoms with van der Waals surface area (Å²) in [5, 5.41) is 6.06. The van der Waals surface area contributed by atoms with Gasteiger partial charge in [-0.15, -0.1) is 0 Å². The largest absolute Gasteiger partial charge is 0.340 e. The lowest BCUT2D eigenvalue weighted by molar-refractivity contribution is -0.144. The molecule has 0 aliphatic carbocycles. The molecule has 34 heavy (non-hydrogen) atoms. The molecule has 2 aromatic carbocycles. The first-order valence-corrected chi connectivity index (χ1v) is 11.7. The van der Waals surface area contributed by atoms with Crippen molar-refractivity contribution in [2.75, 3.05) is 26.2 Å². The van der Waals surface area contributed by atoms with E-state index >= 15 is 0 Å². The Morgan fingerprint density at radius 1 is 1.06 bits per heavy atom. The third-order valence-corrected chi connectivity index (χ3v) is 6.92. The Labute approximate surface area is 198 Å². The van der Waals surface area contributed by atoms with E-state index < -0.39 is 23.2 Å². The molecule has 2 aliphatic heterocycles. The molecule has 2 unspecified atom stereocenters. The van der Waals surface area contributed by atoms with Gasteiger partial charge in [0.1, 0.15) is 11.6 Å².